The zero-order valence-corrected chi connectivity index (χ0v) is 11.8. The van der Waals surface area contributed by atoms with Gasteiger partial charge >= 0.3 is 0 Å². The molecule has 0 saturated carbocycles. The summed E-state index contributed by atoms with van der Waals surface area (Å²) in [5.74, 6) is -0.194. The summed E-state index contributed by atoms with van der Waals surface area (Å²) >= 11 is 8.01. The van der Waals surface area contributed by atoms with Crippen molar-refractivity contribution in [2.24, 2.45) is 0 Å². The number of hydrogen-bond donors (Lipinski definition) is 1. The van der Waals surface area contributed by atoms with Crippen molar-refractivity contribution in [3.8, 4) is 0 Å². The van der Waals surface area contributed by atoms with Gasteiger partial charge in [0.15, 0.2) is 0 Å². The summed E-state index contributed by atoms with van der Waals surface area (Å²) in [7, 11) is 0. The minimum Gasteiger partial charge on any atom is -0.347 e. The summed E-state index contributed by atoms with van der Waals surface area (Å²) in [5.41, 5.74) is 0.802. The van der Waals surface area contributed by atoms with E-state index in [1.807, 2.05) is 0 Å². The van der Waals surface area contributed by atoms with Crippen molar-refractivity contribution in [3.63, 3.8) is 0 Å². The van der Waals surface area contributed by atoms with Crippen LogP contribution in [0, 0.1) is 3.57 Å². The highest BCUT2D eigenvalue weighted by Crippen LogP contribution is 2.26. The molecule has 0 atom stereocenters. The number of rotatable bonds is 1. The summed E-state index contributed by atoms with van der Waals surface area (Å²) in [6.45, 7) is 0.458. The minimum absolute atomic E-state index is 0.0531. The van der Waals surface area contributed by atoms with E-state index in [4.69, 9.17) is 11.6 Å². The van der Waals surface area contributed by atoms with E-state index in [1.165, 1.54) is 0 Å². The number of nitrogens with zero attached hydrogens (tertiary/aromatic N) is 1. The fourth-order valence-corrected chi connectivity index (χ4v) is 2.81. The van der Waals surface area contributed by atoms with Crippen LogP contribution in [0.25, 0.3) is 0 Å². The number of halogens is 2. The average molecular weight is 365 g/mol. The SMILES string of the molecule is O=C1CCN(c2ccc(Cl)cc2I)C(=O)CN1. The molecular formula is C11H10ClIN2O2. The lowest BCUT2D eigenvalue weighted by Crippen LogP contribution is -2.35. The Kier molecular flexibility index (Phi) is 3.88. The highest BCUT2D eigenvalue weighted by molar-refractivity contribution is 14.1. The van der Waals surface area contributed by atoms with E-state index in [1.54, 1.807) is 23.1 Å². The second-order valence-corrected chi connectivity index (χ2v) is 5.27. The molecule has 4 nitrogen and oxygen atoms in total. The smallest absolute Gasteiger partial charge is 0.246 e. The molecule has 0 spiro atoms. The second kappa shape index (κ2) is 5.22. The lowest BCUT2D eigenvalue weighted by atomic mass is 10.2. The van der Waals surface area contributed by atoms with E-state index in [9.17, 15) is 9.59 Å². The number of amides is 2. The second-order valence-electron chi connectivity index (χ2n) is 3.67. The average Bonchev–Trinajstić information content (AvgIpc) is 2.43. The first-order valence-corrected chi connectivity index (χ1v) is 6.56. The predicted octanol–water partition coefficient (Wildman–Crippen LogP) is 1.80. The number of anilines is 1. The molecule has 1 aromatic carbocycles. The molecule has 0 aliphatic carbocycles. The van der Waals surface area contributed by atoms with Gasteiger partial charge in [0.25, 0.3) is 0 Å². The van der Waals surface area contributed by atoms with Gasteiger partial charge < -0.3 is 10.2 Å². The zero-order chi connectivity index (χ0) is 12.4. The first kappa shape index (κ1) is 12.6. The molecule has 1 heterocycles. The summed E-state index contributed by atoms with van der Waals surface area (Å²) < 4.78 is 0.901. The lowest BCUT2D eigenvalue weighted by molar-refractivity contribution is -0.123. The highest BCUT2D eigenvalue weighted by Gasteiger charge is 2.22. The van der Waals surface area contributed by atoms with Crippen LogP contribution in [0.3, 0.4) is 0 Å². The quantitative estimate of drug-likeness (QED) is 0.773. The Morgan fingerprint density at radius 2 is 2.12 bits per heavy atom. The molecule has 2 amide bonds. The van der Waals surface area contributed by atoms with Crippen LogP contribution in [-0.4, -0.2) is 24.9 Å². The molecule has 0 radical (unpaired) electrons. The van der Waals surface area contributed by atoms with E-state index in [0.29, 0.717) is 18.0 Å². The van der Waals surface area contributed by atoms with Gasteiger partial charge in [-0.25, -0.2) is 0 Å². The highest BCUT2D eigenvalue weighted by atomic mass is 127. The summed E-state index contributed by atoms with van der Waals surface area (Å²) in [6, 6.07) is 5.34. The summed E-state index contributed by atoms with van der Waals surface area (Å²) in [5, 5.41) is 3.20. The maximum absolute atomic E-state index is 11.9. The monoisotopic (exact) mass is 364 g/mol. The fraction of sp³-hybridized carbons (Fsp3) is 0.273. The first-order valence-electron chi connectivity index (χ1n) is 5.10. The molecule has 1 aromatic rings. The lowest BCUT2D eigenvalue weighted by Gasteiger charge is -2.21. The van der Waals surface area contributed by atoms with E-state index in [0.717, 1.165) is 9.26 Å². The third-order valence-corrected chi connectivity index (χ3v) is 3.60. The Balaban J connectivity index is 2.31. The summed E-state index contributed by atoms with van der Waals surface area (Å²) in [6.07, 6.45) is 0.324. The number of hydrogen-bond acceptors (Lipinski definition) is 2. The van der Waals surface area contributed by atoms with Crippen LogP contribution >= 0.6 is 34.2 Å². The number of carbonyl (C=O) groups is 2. The maximum atomic E-state index is 11.9. The van der Waals surface area contributed by atoms with Crippen molar-refractivity contribution >= 4 is 51.7 Å². The molecule has 0 unspecified atom stereocenters. The standard InChI is InChI=1S/C11H10ClIN2O2/c12-7-1-2-9(8(13)5-7)15-4-3-10(16)14-6-11(15)17/h1-2,5H,3-4,6H2,(H,14,16). The van der Waals surface area contributed by atoms with E-state index in [2.05, 4.69) is 27.9 Å². The van der Waals surface area contributed by atoms with Crippen molar-refractivity contribution in [2.45, 2.75) is 6.42 Å². The Hall–Kier alpha value is -0.820. The summed E-state index contributed by atoms with van der Waals surface area (Å²) in [4.78, 5) is 24.7. The fourth-order valence-electron chi connectivity index (χ4n) is 1.65. The Labute approximate surface area is 117 Å². The van der Waals surface area contributed by atoms with Crippen molar-refractivity contribution in [3.05, 3.63) is 26.8 Å². The van der Waals surface area contributed by atoms with Crippen molar-refractivity contribution in [1.29, 1.82) is 0 Å². The van der Waals surface area contributed by atoms with E-state index >= 15 is 0 Å². The molecule has 1 aliphatic rings. The van der Waals surface area contributed by atoms with Crippen LogP contribution in [0.1, 0.15) is 6.42 Å². The molecular weight excluding hydrogens is 354 g/mol. The van der Waals surface area contributed by atoms with Gasteiger partial charge in [0, 0.05) is 21.6 Å². The molecule has 1 saturated heterocycles. The van der Waals surface area contributed by atoms with E-state index < -0.39 is 0 Å². The first-order chi connectivity index (χ1) is 8.08. The maximum Gasteiger partial charge on any atom is 0.246 e. The largest absolute Gasteiger partial charge is 0.347 e. The molecule has 0 bridgehead atoms. The Morgan fingerprint density at radius 3 is 2.82 bits per heavy atom. The molecule has 17 heavy (non-hydrogen) atoms. The van der Waals surface area contributed by atoms with Crippen LogP contribution < -0.4 is 10.2 Å². The van der Waals surface area contributed by atoms with Gasteiger partial charge in [0.05, 0.1) is 12.2 Å². The molecule has 1 N–H and O–H groups in total. The van der Waals surface area contributed by atoms with Crippen molar-refractivity contribution in [2.75, 3.05) is 18.0 Å². The van der Waals surface area contributed by atoms with Crippen LogP contribution in [0.2, 0.25) is 5.02 Å². The Bertz CT molecular complexity index is 479. The number of benzene rings is 1. The minimum atomic E-state index is -0.101. The number of carbonyl (C=O) groups excluding carboxylic acids is 2. The van der Waals surface area contributed by atoms with Gasteiger partial charge in [-0.2, -0.15) is 0 Å². The third kappa shape index (κ3) is 2.90. The normalized spacial score (nSPS) is 16.7. The van der Waals surface area contributed by atoms with Crippen LogP contribution in [0.5, 0.6) is 0 Å². The van der Waals surface area contributed by atoms with Crippen molar-refractivity contribution in [1.82, 2.24) is 5.32 Å². The van der Waals surface area contributed by atoms with Gasteiger partial charge in [-0.15, -0.1) is 0 Å². The molecule has 1 fully saturated rings. The van der Waals surface area contributed by atoms with Crippen LogP contribution in [-0.2, 0) is 9.59 Å². The zero-order valence-electron chi connectivity index (χ0n) is 8.87. The van der Waals surface area contributed by atoms with Gasteiger partial charge in [-0.3, -0.25) is 9.59 Å². The van der Waals surface area contributed by atoms with Gasteiger partial charge in [0.1, 0.15) is 0 Å². The predicted molar refractivity (Wildman–Crippen MR) is 74.1 cm³/mol. The third-order valence-electron chi connectivity index (χ3n) is 2.50. The van der Waals surface area contributed by atoms with Crippen molar-refractivity contribution < 1.29 is 9.59 Å². The van der Waals surface area contributed by atoms with Crippen LogP contribution in [0.15, 0.2) is 18.2 Å². The van der Waals surface area contributed by atoms with Gasteiger partial charge in [0.2, 0.25) is 11.8 Å². The van der Waals surface area contributed by atoms with Gasteiger partial charge in [-0.05, 0) is 40.8 Å². The molecule has 0 aromatic heterocycles. The van der Waals surface area contributed by atoms with E-state index in [-0.39, 0.29) is 18.4 Å². The molecule has 90 valence electrons. The topological polar surface area (TPSA) is 49.4 Å². The number of nitrogens with one attached hydrogen (secondary N) is 1. The van der Waals surface area contributed by atoms with Gasteiger partial charge in [-0.1, -0.05) is 11.6 Å². The molecule has 1 aliphatic heterocycles. The molecule has 6 heteroatoms. The Morgan fingerprint density at radius 1 is 1.35 bits per heavy atom. The van der Waals surface area contributed by atoms with Crippen LogP contribution in [0.4, 0.5) is 5.69 Å². The molecule has 2 rings (SSSR count).